The van der Waals surface area contributed by atoms with Gasteiger partial charge >= 0.3 is 5.69 Å². The van der Waals surface area contributed by atoms with Gasteiger partial charge in [0.25, 0.3) is 5.89 Å². The van der Waals surface area contributed by atoms with Gasteiger partial charge in [-0.2, -0.15) is 10.1 Å². The molecule has 0 bridgehead atoms. The van der Waals surface area contributed by atoms with Gasteiger partial charge in [0.1, 0.15) is 12.4 Å². The van der Waals surface area contributed by atoms with Crippen molar-refractivity contribution in [3.05, 3.63) is 52.0 Å². The van der Waals surface area contributed by atoms with Crippen molar-refractivity contribution in [2.45, 2.75) is 45.7 Å². The molecule has 1 fully saturated rings. The van der Waals surface area contributed by atoms with Gasteiger partial charge in [0, 0.05) is 24.6 Å². The monoisotopic (exact) mass is 368 g/mol. The Morgan fingerprint density at radius 1 is 1.30 bits per heavy atom. The molecule has 27 heavy (non-hydrogen) atoms. The van der Waals surface area contributed by atoms with Crippen LogP contribution in [0.5, 0.6) is 0 Å². The SMILES string of the molecule is CCn1c([C@H]2CCCNC2)nn(Cc2noc(-c3ccc(C)cc3)n2)c1=O. The molecule has 8 nitrogen and oxygen atoms in total. The number of nitrogens with one attached hydrogen (secondary N) is 1. The molecule has 1 aliphatic heterocycles. The van der Waals surface area contributed by atoms with E-state index in [0.29, 0.717) is 18.3 Å². The Balaban J connectivity index is 1.58. The molecule has 142 valence electrons. The summed E-state index contributed by atoms with van der Waals surface area (Å²) in [6.45, 7) is 6.68. The zero-order valence-corrected chi connectivity index (χ0v) is 15.7. The van der Waals surface area contributed by atoms with Gasteiger partial charge in [-0.1, -0.05) is 22.9 Å². The molecular weight excluding hydrogens is 344 g/mol. The lowest BCUT2D eigenvalue weighted by Crippen LogP contribution is -2.31. The largest absolute Gasteiger partial charge is 0.346 e. The average molecular weight is 368 g/mol. The Labute approximate surface area is 157 Å². The van der Waals surface area contributed by atoms with Gasteiger partial charge in [-0.25, -0.2) is 9.48 Å². The van der Waals surface area contributed by atoms with Crippen molar-refractivity contribution in [2.75, 3.05) is 13.1 Å². The number of aryl methyl sites for hydroxylation is 1. The van der Waals surface area contributed by atoms with Crippen LogP contribution in [0.1, 0.15) is 42.9 Å². The summed E-state index contributed by atoms with van der Waals surface area (Å²) in [6.07, 6.45) is 2.14. The van der Waals surface area contributed by atoms with E-state index in [1.165, 1.54) is 10.2 Å². The van der Waals surface area contributed by atoms with E-state index in [1.807, 2.05) is 38.1 Å². The third-order valence-corrected chi connectivity index (χ3v) is 4.99. The number of aromatic nitrogens is 5. The van der Waals surface area contributed by atoms with E-state index < -0.39 is 0 Å². The maximum absolute atomic E-state index is 12.7. The number of piperidine rings is 1. The summed E-state index contributed by atoms with van der Waals surface area (Å²) in [7, 11) is 0. The normalized spacial score (nSPS) is 17.3. The van der Waals surface area contributed by atoms with Crippen molar-refractivity contribution < 1.29 is 4.52 Å². The molecule has 0 unspecified atom stereocenters. The van der Waals surface area contributed by atoms with E-state index in [4.69, 9.17) is 4.52 Å². The topological polar surface area (TPSA) is 90.8 Å². The quantitative estimate of drug-likeness (QED) is 0.740. The number of rotatable bonds is 5. The van der Waals surface area contributed by atoms with E-state index in [2.05, 4.69) is 20.6 Å². The number of benzene rings is 1. The standard InChI is InChI=1S/C19H24N6O2/c1-3-24-17(15-5-4-10-20-11-15)22-25(19(24)26)12-16-21-18(27-23-16)14-8-6-13(2)7-9-14/h6-9,15,20H,3-5,10-12H2,1-2H3/t15-/m0/s1. The second-order valence-corrected chi connectivity index (χ2v) is 6.97. The molecular formula is C19H24N6O2. The second-order valence-electron chi connectivity index (χ2n) is 6.97. The third-order valence-electron chi connectivity index (χ3n) is 4.99. The number of nitrogens with zero attached hydrogens (tertiary/aromatic N) is 5. The van der Waals surface area contributed by atoms with Crippen molar-refractivity contribution in [3.8, 4) is 11.5 Å². The Morgan fingerprint density at radius 2 is 2.11 bits per heavy atom. The summed E-state index contributed by atoms with van der Waals surface area (Å²) >= 11 is 0. The van der Waals surface area contributed by atoms with Gasteiger partial charge < -0.3 is 9.84 Å². The minimum Gasteiger partial charge on any atom is -0.334 e. The first-order valence-electron chi connectivity index (χ1n) is 9.43. The van der Waals surface area contributed by atoms with Gasteiger partial charge in [0.2, 0.25) is 0 Å². The predicted molar refractivity (Wildman–Crippen MR) is 101 cm³/mol. The highest BCUT2D eigenvalue weighted by Gasteiger charge is 2.24. The third kappa shape index (κ3) is 3.57. The fraction of sp³-hybridized carbons (Fsp3) is 0.474. The van der Waals surface area contributed by atoms with Gasteiger partial charge in [0.15, 0.2) is 5.82 Å². The summed E-state index contributed by atoms with van der Waals surface area (Å²) < 4.78 is 8.55. The molecule has 1 aliphatic rings. The van der Waals surface area contributed by atoms with E-state index in [-0.39, 0.29) is 18.2 Å². The maximum atomic E-state index is 12.7. The summed E-state index contributed by atoms with van der Waals surface area (Å²) in [6, 6.07) is 7.88. The lowest BCUT2D eigenvalue weighted by atomic mass is 9.99. The van der Waals surface area contributed by atoms with Gasteiger partial charge in [-0.15, -0.1) is 0 Å². The summed E-state index contributed by atoms with van der Waals surface area (Å²) in [4.78, 5) is 17.2. The van der Waals surface area contributed by atoms with Crippen molar-refractivity contribution >= 4 is 0 Å². The van der Waals surface area contributed by atoms with Crippen molar-refractivity contribution in [1.82, 2.24) is 29.8 Å². The molecule has 8 heteroatoms. The molecule has 0 saturated carbocycles. The molecule has 0 spiro atoms. The zero-order chi connectivity index (χ0) is 18.8. The Kier molecular flexibility index (Phi) is 4.89. The van der Waals surface area contributed by atoms with Crippen LogP contribution < -0.4 is 11.0 Å². The molecule has 1 atom stereocenters. The van der Waals surface area contributed by atoms with E-state index >= 15 is 0 Å². The van der Waals surface area contributed by atoms with Crippen LogP contribution >= 0.6 is 0 Å². The minimum atomic E-state index is -0.125. The van der Waals surface area contributed by atoms with Crippen molar-refractivity contribution in [3.63, 3.8) is 0 Å². The lowest BCUT2D eigenvalue weighted by Gasteiger charge is -2.21. The van der Waals surface area contributed by atoms with Crippen LogP contribution in [0.2, 0.25) is 0 Å². The number of hydrogen-bond acceptors (Lipinski definition) is 6. The Morgan fingerprint density at radius 3 is 2.81 bits per heavy atom. The van der Waals surface area contributed by atoms with Crippen molar-refractivity contribution in [1.29, 1.82) is 0 Å². The van der Waals surface area contributed by atoms with Crippen LogP contribution in [0.3, 0.4) is 0 Å². The zero-order valence-electron chi connectivity index (χ0n) is 15.7. The first-order valence-corrected chi connectivity index (χ1v) is 9.43. The van der Waals surface area contributed by atoms with Crippen LogP contribution in [-0.4, -0.2) is 37.6 Å². The van der Waals surface area contributed by atoms with Crippen LogP contribution in [0.15, 0.2) is 33.6 Å². The molecule has 0 aliphatic carbocycles. The summed E-state index contributed by atoms with van der Waals surface area (Å²) in [5.74, 6) is 2.00. The fourth-order valence-corrected chi connectivity index (χ4v) is 3.50. The van der Waals surface area contributed by atoms with Gasteiger partial charge in [-0.3, -0.25) is 4.57 Å². The predicted octanol–water partition coefficient (Wildman–Crippen LogP) is 1.94. The lowest BCUT2D eigenvalue weighted by molar-refractivity contribution is 0.417. The molecule has 2 aromatic heterocycles. The van der Waals surface area contributed by atoms with E-state index in [0.717, 1.165) is 37.3 Å². The van der Waals surface area contributed by atoms with E-state index in [9.17, 15) is 4.79 Å². The minimum absolute atomic E-state index is 0.125. The molecule has 4 rings (SSSR count). The molecule has 1 aromatic carbocycles. The van der Waals surface area contributed by atoms with Gasteiger partial charge in [0.05, 0.1) is 0 Å². The van der Waals surface area contributed by atoms with Crippen LogP contribution in [0, 0.1) is 6.92 Å². The fourth-order valence-electron chi connectivity index (χ4n) is 3.50. The first kappa shape index (κ1) is 17.7. The average Bonchev–Trinajstić information content (AvgIpc) is 3.28. The summed E-state index contributed by atoms with van der Waals surface area (Å²) in [5, 5.41) is 12.0. The molecule has 0 radical (unpaired) electrons. The molecule has 3 heterocycles. The second kappa shape index (κ2) is 7.48. The molecule has 0 amide bonds. The Bertz CT molecular complexity index is 963. The van der Waals surface area contributed by atoms with E-state index in [1.54, 1.807) is 4.57 Å². The van der Waals surface area contributed by atoms with Gasteiger partial charge in [-0.05, 0) is 45.4 Å². The van der Waals surface area contributed by atoms with Crippen LogP contribution in [0.4, 0.5) is 0 Å². The highest BCUT2D eigenvalue weighted by molar-refractivity contribution is 5.53. The molecule has 3 aromatic rings. The summed E-state index contributed by atoms with van der Waals surface area (Å²) in [5.41, 5.74) is 1.90. The van der Waals surface area contributed by atoms with Crippen LogP contribution in [-0.2, 0) is 13.1 Å². The van der Waals surface area contributed by atoms with Crippen LogP contribution in [0.25, 0.3) is 11.5 Å². The smallest absolute Gasteiger partial charge is 0.334 e. The van der Waals surface area contributed by atoms with Crippen molar-refractivity contribution in [2.24, 2.45) is 0 Å². The highest BCUT2D eigenvalue weighted by Crippen LogP contribution is 2.21. The number of hydrogen-bond donors (Lipinski definition) is 1. The Hall–Kier alpha value is -2.74. The molecule has 1 saturated heterocycles. The molecule has 1 N–H and O–H groups in total. The highest BCUT2D eigenvalue weighted by atomic mass is 16.5. The maximum Gasteiger partial charge on any atom is 0.346 e. The first-order chi connectivity index (χ1) is 13.2.